The molecule has 1 aliphatic heterocycles. The molecular weight excluding hydrogens is 548 g/mol. The van der Waals surface area contributed by atoms with Crippen LogP contribution in [0.5, 0.6) is 0 Å². The number of pyridine rings is 2. The number of carbonyl (C=O) groups excluding carboxylic acids is 1. The second-order valence-electron chi connectivity index (χ2n) is 10.3. The van der Waals surface area contributed by atoms with Crippen LogP contribution in [-0.2, 0) is 12.7 Å². The van der Waals surface area contributed by atoms with Crippen LogP contribution >= 0.6 is 0 Å². The number of benzene rings is 2. The minimum Gasteiger partial charge on any atom is -0.383 e. The van der Waals surface area contributed by atoms with E-state index in [2.05, 4.69) is 32.0 Å². The zero-order valence-corrected chi connectivity index (χ0v) is 23.0. The lowest BCUT2D eigenvalue weighted by atomic mass is 10.0. The Balaban J connectivity index is 1.38. The number of nitrogens with zero attached hydrogens (tertiary/aromatic N) is 4. The molecule has 5 rings (SSSR count). The molecule has 7 nitrogen and oxygen atoms in total. The number of aromatic nitrogens is 2. The molecule has 1 fully saturated rings. The summed E-state index contributed by atoms with van der Waals surface area (Å²) >= 11 is 0. The van der Waals surface area contributed by atoms with Crippen molar-refractivity contribution in [1.82, 2.24) is 19.8 Å². The lowest BCUT2D eigenvalue weighted by Crippen LogP contribution is -2.44. The van der Waals surface area contributed by atoms with Crippen molar-refractivity contribution in [3.63, 3.8) is 0 Å². The maximum Gasteiger partial charge on any atom is 0.416 e. The number of nitrogens with one attached hydrogen (secondary N) is 1. The molecule has 0 spiro atoms. The number of nitrogens with two attached hydrogens (primary N) is 1. The van der Waals surface area contributed by atoms with Crippen LogP contribution in [0.3, 0.4) is 0 Å². The number of fused-ring (bicyclic) bond motifs is 1. The van der Waals surface area contributed by atoms with Crippen LogP contribution in [-0.4, -0.2) is 58.9 Å². The second kappa shape index (κ2) is 11.8. The standard InChI is InChI=1S/C31H28F4N6O/c1-19-20(4-7-27-26-8-5-24(32)14-22(26)16-38-29(27)36)13-23(17-37-19)30(42)39-25-6-3-21(28(15-25)31(33,34)35)18-41-11-9-40(2)10-12-41/h3,5-6,8,13-17H,9-12,18H2,1-2H3,(H2,36,38)(H,39,42). The first kappa shape index (κ1) is 29.0. The first-order valence-corrected chi connectivity index (χ1v) is 13.2. The van der Waals surface area contributed by atoms with Gasteiger partial charge in [0.25, 0.3) is 5.91 Å². The number of halogens is 4. The van der Waals surface area contributed by atoms with Gasteiger partial charge >= 0.3 is 6.18 Å². The highest BCUT2D eigenvalue weighted by Crippen LogP contribution is 2.35. The third-order valence-electron chi connectivity index (χ3n) is 7.22. The molecule has 42 heavy (non-hydrogen) atoms. The Labute approximate surface area is 240 Å². The molecule has 0 bridgehead atoms. The highest BCUT2D eigenvalue weighted by atomic mass is 19.4. The van der Waals surface area contributed by atoms with E-state index in [0.717, 1.165) is 19.2 Å². The van der Waals surface area contributed by atoms with Crippen LogP contribution in [0, 0.1) is 24.6 Å². The van der Waals surface area contributed by atoms with Crippen molar-refractivity contribution >= 4 is 28.2 Å². The number of alkyl halides is 3. The Hall–Kier alpha value is -4.53. The van der Waals surface area contributed by atoms with Crippen LogP contribution in [0.25, 0.3) is 10.8 Å². The number of rotatable bonds is 4. The maximum absolute atomic E-state index is 14.0. The van der Waals surface area contributed by atoms with E-state index in [0.29, 0.717) is 40.7 Å². The Bertz CT molecular complexity index is 1720. The van der Waals surface area contributed by atoms with Gasteiger partial charge in [-0.1, -0.05) is 24.0 Å². The predicted octanol–water partition coefficient (Wildman–Crippen LogP) is 5.08. The molecule has 216 valence electrons. The molecule has 0 aliphatic carbocycles. The molecule has 0 saturated carbocycles. The highest BCUT2D eigenvalue weighted by Gasteiger charge is 2.34. The lowest BCUT2D eigenvalue weighted by Gasteiger charge is -2.33. The molecule has 4 aromatic rings. The van der Waals surface area contributed by atoms with Crippen molar-refractivity contribution < 1.29 is 22.4 Å². The minimum atomic E-state index is -4.58. The van der Waals surface area contributed by atoms with E-state index in [1.54, 1.807) is 13.0 Å². The van der Waals surface area contributed by atoms with Gasteiger partial charge in [-0.2, -0.15) is 13.2 Å². The molecule has 1 saturated heterocycles. The fourth-order valence-corrected chi connectivity index (χ4v) is 4.76. The van der Waals surface area contributed by atoms with Gasteiger partial charge in [-0.05, 0) is 49.9 Å². The summed E-state index contributed by atoms with van der Waals surface area (Å²) in [7, 11) is 1.98. The molecule has 11 heteroatoms. The number of nitrogen functional groups attached to an aromatic ring is 1. The zero-order chi connectivity index (χ0) is 30.0. The number of amides is 1. The van der Waals surface area contributed by atoms with Crippen molar-refractivity contribution in [1.29, 1.82) is 0 Å². The van der Waals surface area contributed by atoms with Gasteiger partial charge in [0.15, 0.2) is 0 Å². The Morgan fingerprint density at radius 1 is 1.02 bits per heavy atom. The number of piperazine rings is 1. The van der Waals surface area contributed by atoms with Gasteiger partial charge in [0.05, 0.1) is 22.4 Å². The van der Waals surface area contributed by atoms with E-state index in [-0.39, 0.29) is 29.2 Å². The Morgan fingerprint density at radius 3 is 2.52 bits per heavy atom. The van der Waals surface area contributed by atoms with E-state index in [9.17, 15) is 22.4 Å². The van der Waals surface area contributed by atoms with E-state index < -0.39 is 23.5 Å². The van der Waals surface area contributed by atoms with Crippen molar-refractivity contribution in [2.75, 3.05) is 44.3 Å². The molecule has 1 aliphatic rings. The summed E-state index contributed by atoms with van der Waals surface area (Å²) in [5.74, 6) is 5.02. The molecule has 1 amide bonds. The Morgan fingerprint density at radius 2 is 1.79 bits per heavy atom. The summed E-state index contributed by atoms with van der Waals surface area (Å²) in [6.45, 7) is 4.82. The summed E-state index contributed by atoms with van der Waals surface area (Å²) in [4.78, 5) is 25.5. The van der Waals surface area contributed by atoms with Crippen molar-refractivity contribution in [3.8, 4) is 11.8 Å². The summed E-state index contributed by atoms with van der Waals surface area (Å²) in [5.41, 5.74) is 6.89. The number of aryl methyl sites for hydroxylation is 1. The third kappa shape index (κ3) is 6.51. The van der Waals surface area contributed by atoms with Crippen LogP contribution in [0.1, 0.15) is 38.3 Å². The maximum atomic E-state index is 14.0. The number of hydrogen-bond acceptors (Lipinski definition) is 6. The van der Waals surface area contributed by atoms with Gasteiger partial charge in [-0.25, -0.2) is 9.37 Å². The van der Waals surface area contributed by atoms with Crippen molar-refractivity contribution in [2.24, 2.45) is 0 Å². The minimum absolute atomic E-state index is 0.0181. The molecular formula is C31H28F4N6O. The SMILES string of the molecule is Cc1ncc(C(=O)Nc2ccc(CN3CCN(C)CC3)c(C(F)(F)F)c2)cc1C#Cc1c(N)ncc2cc(F)ccc12. The first-order chi connectivity index (χ1) is 20.0. The molecule has 0 radical (unpaired) electrons. The fourth-order valence-electron chi connectivity index (χ4n) is 4.76. The number of hydrogen-bond donors (Lipinski definition) is 2. The van der Waals surface area contributed by atoms with Crippen molar-refractivity contribution in [2.45, 2.75) is 19.6 Å². The predicted molar refractivity (Wildman–Crippen MR) is 153 cm³/mol. The second-order valence-corrected chi connectivity index (χ2v) is 10.3. The summed E-state index contributed by atoms with van der Waals surface area (Å²) in [6, 6.07) is 9.54. The molecule has 2 aromatic heterocycles. The molecule has 0 unspecified atom stereocenters. The van der Waals surface area contributed by atoms with Crippen LogP contribution in [0.15, 0.2) is 54.9 Å². The number of anilines is 2. The van der Waals surface area contributed by atoms with Crippen LogP contribution in [0.4, 0.5) is 29.1 Å². The van der Waals surface area contributed by atoms with E-state index >= 15 is 0 Å². The summed E-state index contributed by atoms with van der Waals surface area (Å²) in [6.07, 6.45) is -1.79. The lowest BCUT2D eigenvalue weighted by molar-refractivity contribution is -0.138. The van der Waals surface area contributed by atoms with Gasteiger partial charge in [0.1, 0.15) is 11.6 Å². The molecule has 2 aromatic carbocycles. The fraction of sp³-hybridized carbons (Fsp3) is 0.258. The summed E-state index contributed by atoms with van der Waals surface area (Å²) in [5, 5.41) is 3.70. The van der Waals surface area contributed by atoms with Crippen LogP contribution < -0.4 is 11.1 Å². The third-order valence-corrected chi connectivity index (χ3v) is 7.22. The van der Waals surface area contributed by atoms with Gasteiger partial charge in [-0.15, -0.1) is 0 Å². The largest absolute Gasteiger partial charge is 0.416 e. The van der Waals surface area contributed by atoms with Gasteiger partial charge in [0, 0.05) is 67.1 Å². The van der Waals surface area contributed by atoms with E-state index in [1.807, 2.05) is 11.9 Å². The topological polar surface area (TPSA) is 87.4 Å². The first-order valence-electron chi connectivity index (χ1n) is 13.2. The zero-order valence-electron chi connectivity index (χ0n) is 23.0. The summed E-state index contributed by atoms with van der Waals surface area (Å²) < 4.78 is 55.6. The molecule has 3 N–H and O–H groups in total. The van der Waals surface area contributed by atoms with Crippen molar-refractivity contribution in [3.05, 3.63) is 94.2 Å². The van der Waals surface area contributed by atoms with Gasteiger partial charge < -0.3 is 16.0 Å². The monoisotopic (exact) mass is 576 g/mol. The number of carbonyl (C=O) groups is 1. The molecule has 3 heterocycles. The molecule has 0 atom stereocenters. The van der Waals surface area contributed by atoms with E-state index in [4.69, 9.17) is 5.73 Å². The van der Waals surface area contributed by atoms with Gasteiger partial charge in [-0.3, -0.25) is 14.7 Å². The average Bonchev–Trinajstić information content (AvgIpc) is 2.94. The highest BCUT2D eigenvalue weighted by molar-refractivity contribution is 6.04. The normalized spacial score (nSPS) is 14.4. The number of likely N-dealkylation sites (N-methyl/N-ethyl adjacent to an activating group) is 1. The van der Waals surface area contributed by atoms with Crippen LogP contribution in [0.2, 0.25) is 0 Å². The smallest absolute Gasteiger partial charge is 0.383 e. The van der Waals surface area contributed by atoms with E-state index in [1.165, 1.54) is 42.7 Å². The quantitative estimate of drug-likeness (QED) is 0.261. The average molecular weight is 577 g/mol. The Kier molecular flexibility index (Phi) is 8.11. The van der Waals surface area contributed by atoms with Gasteiger partial charge in [0.2, 0.25) is 0 Å².